The van der Waals surface area contributed by atoms with Gasteiger partial charge >= 0.3 is 0 Å². The van der Waals surface area contributed by atoms with E-state index in [0.717, 1.165) is 12.8 Å². The third kappa shape index (κ3) is 4.94. The molecule has 2 unspecified atom stereocenters. The van der Waals surface area contributed by atoms with Crippen LogP contribution >= 0.6 is 11.6 Å². The van der Waals surface area contributed by atoms with Crippen LogP contribution in [0, 0.1) is 0 Å². The summed E-state index contributed by atoms with van der Waals surface area (Å²) in [7, 11) is 0. The molecule has 4 heteroatoms. The normalized spacial score (nSPS) is 16.3. The van der Waals surface area contributed by atoms with Gasteiger partial charge in [-0.15, -0.1) is 0 Å². The molecular formula is C14H22ClNO2. The lowest BCUT2D eigenvalue weighted by atomic mass is 10.0. The van der Waals surface area contributed by atoms with E-state index in [-0.39, 0.29) is 0 Å². The van der Waals surface area contributed by atoms with Crippen molar-refractivity contribution in [3.05, 3.63) is 34.9 Å². The zero-order valence-corrected chi connectivity index (χ0v) is 11.7. The van der Waals surface area contributed by atoms with Crippen molar-refractivity contribution in [3.63, 3.8) is 0 Å². The minimum Gasteiger partial charge on any atom is -0.389 e. The monoisotopic (exact) mass is 271 g/mol. The molecule has 18 heavy (non-hydrogen) atoms. The van der Waals surface area contributed by atoms with E-state index in [0.29, 0.717) is 23.7 Å². The smallest absolute Gasteiger partial charge is 0.0928 e. The van der Waals surface area contributed by atoms with Crippen LogP contribution in [0.25, 0.3) is 0 Å². The predicted octanol–water partition coefficient (Wildman–Crippen LogP) is 2.51. The van der Waals surface area contributed by atoms with Crippen molar-refractivity contribution >= 4 is 11.6 Å². The number of benzene rings is 1. The van der Waals surface area contributed by atoms with E-state index in [1.165, 1.54) is 0 Å². The van der Waals surface area contributed by atoms with Crippen molar-refractivity contribution in [1.82, 2.24) is 5.32 Å². The Morgan fingerprint density at radius 3 is 2.67 bits per heavy atom. The highest BCUT2D eigenvalue weighted by Crippen LogP contribution is 2.22. The number of aliphatic hydroxyl groups excluding tert-OH is 1. The van der Waals surface area contributed by atoms with Gasteiger partial charge in [0.1, 0.15) is 0 Å². The van der Waals surface area contributed by atoms with Gasteiger partial charge in [0.15, 0.2) is 0 Å². The van der Waals surface area contributed by atoms with Gasteiger partial charge in [-0.3, -0.25) is 0 Å². The number of hydrogen-bond donors (Lipinski definition) is 3. The third-order valence-corrected chi connectivity index (χ3v) is 3.24. The van der Waals surface area contributed by atoms with Crippen molar-refractivity contribution < 1.29 is 10.2 Å². The van der Waals surface area contributed by atoms with Gasteiger partial charge in [0.2, 0.25) is 0 Å². The van der Waals surface area contributed by atoms with E-state index in [2.05, 4.69) is 5.32 Å². The number of nitrogens with one attached hydrogen (secondary N) is 1. The molecule has 1 aromatic carbocycles. The minimum absolute atomic E-state index is 0.379. The number of halogens is 1. The van der Waals surface area contributed by atoms with Gasteiger partial charge in [-0.25, -0.2) is 0 Å². The Morgan fingerprint density at radius 1 is 1.39 bits per heavy atom. The van der Waals surface area contributed by atoms with E-state index in [4.69, 9.17) is 11.6 Å². The SMILES string of the molecule is CCCC(C)(O)CNCC(O)c1ccccc1Cl. The molecule has 0 saturated carbocycles. The van der Waals surface area contributed by atoms with E-state index >= 15 is 0 Å². The Hall–Kier alpha value is -0.610. The van der Waals surface area contributed by atoms with Crippen molar-refractivity contribution in [3.8, 4) is 0 Å². The molecule has 2 atom stereocenters. The predicted molar refractivity (Wildman–Crippen MR) is 74.8 cm³/mol. The molecule has 0 bridgehead atoms. The average molecular weight is 272 g/mol. The largest absolute Gasteiger partial charge is 0.389 e. The zero-order valence-electron chi connectivity index (χ0n) is 11.0. The van der Waals surface area contributed by atoms with Crippen LogP contribution in [-0.2, 0) is 0 Å². The van der Waals surface area contributed by atoms with Gasteiger partial charge in [-0.2, -0.15) is 0 Å². The standard InChI is InChI=1S/C14H22ClNO2/c1-3-8-14(2,18)10-16-9-13(17)11-6-4-5-7-12(11)15/h4-7,13,16-18H,3,8-10H2,1-2H3. The summed E-state index contributed by atoms with van der Waals surface area (Å²) in [6, 6.07) is 7.24. The summed E-state index contributed by atoms with van der Waals surface area (Å²) in [5, 5.41) is 23.6. The molecule has 0 amide bonds. The Kier molecular flexibility index (Phi) is 6.09. The van der Waals surface area contributed by atoms with Crippen LogP contribution in [0.3, 0.4) is 0 Å². The zero-order chi connectivity index (χ0) is 13.6. The minimum atomic E-state index is -0.727. The maximum absolute atomic E-state index is 10.00. The maximum atomic E-state index is 10.00. The first-order chi connectivity index (χ1) is 8.46. The van der Waals surface area contributed by atoms with Crippen LogP contribution in [0.2, 0.25) is 5.02 Å². The second-order valence-electron chi connectivity index (χ2n) is 4.92. The van der Waals surface area contributed by atoms with Crippen LogP contribution in [0.4, 0.5) is 0 Å². The Labute approximate surface area is 114 Å². The molecular weight excluding hydrogens is 250 g/mol. The second kappa shape index (κ2) is 7.10. The third-order valence-electron chi connectivity index (χ3n) is 2.90. The summed E-state index contributed by atoms with van der Waals surface area (Å²) in [5.74, 6) is 0. The molecule has 3 N–H and O–H groups in total. The Morgan fingerprint density at radius 2 is 2.06 bits per heavy atom. The maximum Gasteiger partial charge on any atom is 0.0928 e. The van der Waals surface area contributed by atoms with Gasteiger partial charge in [-0.1, -0.05) is 43.1 Å². The highest BCUT2D eigenvalue weighted by Gasteiger charge is 2.19. The number of aliphatic hydroxyl groups is 2. The van der Waals surface area contributed by atoms with Gasteiger partial charge in [0, 0.05) is 23.7 Å². The fourth-order valence-corrected chi connectivity index (χ4v) is 2.22. The Bertz CT molecular complexity index is 369. The van der Waals surface area contributed by atoms with Crippen LogP contribution in [0.15, 0.2) is 24.3 Å². The van der Waals surface area contributed by atoms with E-state index in [9.17, 15) is 10.2 Å². The first-order valence-electron chi connectivity index (χ1n) is 6.32. The Balaban J connectivity index is 2.43. The fourth-order valence-electron chi connectivity index (χ4n) is 1.96. The summed E-state index contributed by atoms with van der Waals surface area (Å²) >= 11 is 6.00. The highest BCUT2D eigenvalue weighted by atomic mass is 35.5. The molecule has 3 nitrogen and oxygen atoms in total. The topological polar surface area (TPSA) is 52.5 Å². The fraction of sp³-hybridized carbons (Fsp3) is 0.571. The molecule has 0 spiro atoms. The van der Waals surface area contributed by atoms with Crippen molar-refractivity contribution in [2.75, 3.05) is 13.1 Å². The molecule has 0 aliphatic rings. The van der Waals surface area contributed by atoms with E-state index < -0.39 is 11.7 Å². The average Bonchev–Trinajstić information content (AvgIpc) is 2.29. The molecule has 0 radical (unpaired) electrons. The molecule has 1 aromatic rings. The lowest BCUT2D eigenvalue weighted by Crippen LogP contribution is -2.39. The van der Waals surface area contributed by atoms with Crippen LogP contribution in [0.5, 0.6) is 0 Å². The number of hydrogen-bond acceptors (Lipinski definition) is 3. The van der Waals surface area contributed by atoms with Gasteiger partial charge in [0.05, 0.1) is 11.7 Å². The summed E-state index contributed by atoms with van der Waals surface area (Å²) in [5.41, 5.74) is -0.0172. The summed E-state index contributed by atoms with van der Waals surface area (Å²) in [6.45, 7) is 4.67. The molecule has 0 fully saturated rings. The molecule has 0 heterocycles. The van der Waals surface area contributed by atoms with Crippen molar-refractivity contribution in [2.24, 2.45) is 0 Å². The molecule has 0 saturated heterocycles. The van der Waals surface area contributed by atoms with E-state index in [1.807, 2.05) is 19.1 Å². The first-order valence-corrected chi connectivity index (χ1v) is 6.69. The van der Waals surface area contributed by atoms with Crippen molar-refractivity contribution in [1.29, 1.82) is 0 Å². The molecule has 0 aromatic heterocycles. The van der Waals surface area contributed by atoms with Crippen LogP contribution < -0.4 is 5.32 Å². The van der Waals surface area contributed by atoms with E-state index in [1.54, 1.807) is 19.1 Å². The quantitative estimate of drug-likeness (QED) is 0.714. The van der Waals surface area contributed by atoms with Crippen LogP contribution in [0.1, 0.15) is 38.4 Å². The summed E-state index contributed by atoms with van der Waals surface area (Å²) in [4.78, 5) is 0. The molecule has 0 aliphatic heterocycles. The lowest BCUT2D eigenvalue weighted by Gasteiger charge is -2.24. The molecule has 102 valence electrons. The summed E-state index contributed by atoms with van der Waals surface area (Å²) < 4.78 is 0. The molecule has 1 rings (SSSR count). The molecule has 0 aliphatic carbocycles. The lowest BCUT2D eigenvalue weighted by molar-refractivity contribution is 0.0461. The highest BCUT2D eigenvalue weighted by molar-refractivity contribution is 6.31. The first kappa shape index (κ1) is 15.4. The van der Waals surface area contributed by atoms with Crippen LogP contribution in [-0.4, -0.2) is 28.9 Å². The van der Waals surface area contributed by atoms with Gasteiger partial charge in [0.25, 0.3) is 0 Å². The van der Waals surface area contributed by atoms with Crippen molar-refractivity contribution in [2.45, 2.75) is 38.4 Å². The number of rotatable bonds is 7. The second-order valence-corrected chi connectivity index (χ2v) is 5.32. The van der Waals surface area contributed by atoms with Gasteiger partial charge < -0.3 is 15.5 Å². The summed E-state index contributed by atoms with van der Waals surface area (Å²) in [6.07, 6.45) is 1.01. The van der Waals surface area contributed by atoms with Gasteiger partial charge in [-0.05, 0) is 19.4 Å².